The van der Waals surface area contributed by atoms with Gasteiger partial charge in [0, 0.05) is 38.8 Å². The Balaban J connectivity index is 0.00000312. The zero-order valence-corrected chi connectivity index (χ0v) is 16.1. The second-order valence-electron chi connectivity index (χ2n) is 6.21. The van der Waals surface area contributed by atoms with Crippen LogP contribution in [0.25, 0.3) is 0 Å². The van der Waals surface area contributed by atoms with Crippen LogP contribution >= 0.6 is 12.4 Å². The van der Waals surface area contributed by atoms with Gasteiger partial charge in [-0.3, -0.25) is 4.79 Å². The van der Waals surface area contributed by atoms with Crippen LogP contribution < -0.4 is 5.73 Å². The molecule has 0 bridgehead atoms. The summed E-state index contributed by atoms with van der Waals surface area (Å²) in [6.07, 6.45) is 1.36. The van der Waals surface area contributed by atoms with Crippen LogP contribution in [0.3, 0.4) is 0 Å². The third-order valence-electron chi connectivity index (χ3n) is 4.34. The highest BCUT2D eigenvalue weighted by molar-refractivity contribution is 7.91. The predicted molar refractivity (Wildman–Crippen MR) is 101 cm³/mol. The molecule has 1 aromatic rings. The number of ether oxygens (including phenoxy) is 1. The Labute approximate surface area is 156 Å². The fourth-order valence-corrected chi connectivity index (χ4v) is 4.77. The number of nitrogens with zero attached hydrogens (tertiary/aromatic N) is 1. The number of rotatable bonds is 8. The van der Waals surface area contributed by atoms with Crippen molar-refractivity contribution >= 4 is 28.2 Å². The molecule has 2 N–H and O–H groups in total. The van der Waals surface area contributed by atoms with E-state index in [9.17, 15) is 13.2 Å². The number of methoxy groups -OCH3 is 1. The summed E-state index contributed by atoms with van der Waals surface area (Å²) >= 11 is 0. The maximum absolute atomic E-state index is 12.7. The van der Waals surface area contributed by atoms with Gasteiger partial charge in [0.25, 0.3) is 0 Å². The van der Waals surface area contributed by atoms with Crippen molar-refractivity contribution in [2.45, 2.75) is 31.3 Å². The Morgan fingerprint density at radius 2 is 2.04 bits per heavy atom. The molecule has 1 amide bonds. The van der Waals surface area contributed by atoms with Crippen LogP contribution in [0.15, 0.2) is 30.3 Å². The highest BCUT2D eigenvalue weighted by atomic mass is 35.5. The molecule has 2 rings (SSSR count). The first-order valence-electron chi connectivity index (χ1n) is 8.22. The SMILES string of the molecule is COCCCN(C(=O)CC(N)c1ccccc1)C1CCS(=O)(=O)C1.Cl. The minimum absolute atomic E-state index is 0. The number of nitrogens with two attached hydrogens (primary N) is 1. The summed E-state index contributed by atoms with van der Waals surface area (Å²) in [5, 5.41) is 0. The van der Waals surface area contributed by atoms with Crippen LogP contribution in [0, 0.1) is 0 Å². The first-order chi connectivity index (χ1) is 11.4. The number of sulfone groups is 1. The van der Waals surface area contributed by atoms with E-state index in [4.69, 9.17) is 10.5 Å². The smallest absolute Gasteiger partial charge is 0.224 e. The molecule has 1 aliphatic heterocycles. The van der Waals surface area contributed by atoms with Gasteiger partial charge < -0.3 is 15.4 Å². The van der Waals surface area contributed by atoms with E-state index in [1.807, 2.05) is 30.3 Å². The van der Waals surface area contributed by atoms with E-state index in [0.29, 0.717) is 26.0 Å². The number of carbonyl (C=O) groups is 1. The molecule has 2 unspecified atom stereocenters. The van der Waals surface area contributed by atoms with Crippen molar-refractivity contribution in [2.75, 3.05) is 31.8 Å². The number of halogens is 1. The zero-order valence-electron chi connectivity index (χ0n) is 14.5. The average Bonchev–Trinajstić information content (AvgIpc) is 2.92. The maximum atomic E-state index is 12.7. The summed E-state index contributed by atoms with van der Waals surface area (Å²) in [5.74, 6) is 0.104. The van der Waals surface area contributed by atoms with Gasteiger partial charge in [-0.1, -0.05) is 30.3 Å². The average molecular weight is 391 g/mol. The van der Waals surface area contributed by atoms with Crippen molar-refractivity contribution in [3.05, 3.63) is 35.9 Å². The van der Waals surface area contributed by atoms with E-state index in [2.05, 4.69) is 0 Å². The Morgan fingerprint density at radius 1 is 1.36 bits per heavy atom. The lowest BCUT2D eigenvalue weighted by molar-refractivity contribution is -0.133. The number of amides is 1. The molecular formula is C17H27ClN2O4S. The molecule has 1 aliphatic rings. The Bertz CT molecular complexity index is 639. The number of carbonyl (C=O) groups excluding carboxylic acids is 1. The number of hydrogen-bond donors (Lipinski definition) is 1. The maximum Gasteiger partial charge on any atom is 0.224 e. The lowest BCUT2D eigenvalue weighted by Crippen LogP contribution is -2.43. The van der Waals surface area contributed by atoms with Crippen LogP contribution in [-0.2, 0) is 19.4 Å². The number of hydrogen-bond acceptors (Lipinski definition) is 5. The van der Waals surface area contributed by atoms with Gasteiger partial charge in [-0.25, -0.2) is 8.42 Å². The van der Waals surface area contributed by atoms with Crippen molar-refractivity contribution in [3.8, 4) is 0 Å². The van der Waals surface area contributed by atoms with Crippen LogP contribution in [0.1, 0.15) is 30.9 Å². The molecule has 6 nitrogen and oxygen atoms in total. The lowest BCUT2D eigenvalue weighted by Gasteiger charge is -2.29. The van der Waals surface area contributed by atoms with Crippen molar-refractivity contribution < 1.29 is 17.9 Å². The van der Waals surface area contributed by atoms with E-state index in [1.165, 1.54) is 0 Å². The molecule has 1 aromatic carbocycles. The Morgan fingerprint density at radius 3 is 2.60 bits per heavy atom. The molecule has 0 spiro atoms. The van der Waals surface area contributed by atoms with Crippen molar-refractivity contribution in [2.24, 2.45) is 5.73 Å². The summed E-state index contributed by atoms with van der Waals surface area (Å²) in [4.78, 5) is 14.4. The van der Waals surface area contributed by atoms with Gasteiger partial charge >= 0.3 is 0 Å². The summed E-state index contributed by atoms with van der Waals surface area (Å²) in [6.45, 7) is 1.03. The topological polar surface area (TPSA) is 89.7 Å². The fourth-order valence-electron chi connectivity index (χ4n) is 3.03. The molecule has 0 saturated carbocycles. The second-order valence-corrected chi connectivity index (χ2v) is 8.44. The molecule has 1 heterocycles. The highest BCUT2D eigenvalue weighted by Crippen LogP contribution is 2.21. The van der Waals surface area contributed by atoms with Crippen LogP contribution in [0.5, 0.6) is 0 Å². The fraction of sp³-hybridized carbons (Fsp3) is 0.588. The molecule has 1 fully saturated rings. The van der Waals surface area contributed by atoms with Gasteiger partial charge in [0.2, 0.25) is 5.91 Å². The summed E-state index contributed by atoms with van der Waals surface area (Å²) in [7, 11) is -1.43. The van der Waals surface area contributed by atoms with Crippen molar-refractivity contribution in [1.82, 2.24) is 4.90 Å². The third-order valence-corrected chi connectivity index (χ3v) is 6.09. The van der Waals surface area contributed by atoms with Gasteiger partial charge in [0.1, 0.15) is 0 Å². The standard InChI is InChI=1S/C17H26N2O4S.ClH/c1-23-10-5-9-19(15-8-11-24(21,22)13-15)17(20)12-16(18)14-6-3-2-4-7-14;/h2-4,6-7,15-16H,5,8-13,18H2,1H3;1H. The molecular weight excluding hydrogens is 364 g/mol. The molecule has 8 heteroatoms. The zero-order chi connectivity index (χ0) is 17.6. The molecule has 0 aromatic heterocycles. The van der Waals surface area contributed by atoms with E-state index < -0.39 is 9.84 Å². The van der Waals surface area contributed by atoms with Crippen molar-refractivity contribution in [3.63, 3.8) is 0 Å². The van der Waals surface area contributed by atoms with Gasteiger partial charge in [-0.15, -0.1) is 12.4 Å². The van der Waals surface area contributed by atoms with E-state index in [0.717, 1.165) is 5.56 Å². The summed E-state index contributed by atoms with van der Waals surface area (Å²) < 4.78 is 28.6. The first-order valence-corrected chi connectivity index (χ1v) is 10.0. The third kappa shape index (κ3) is 6.58. The second kappa shape index (κ2) is 10.1. The van der Waals surface area contributed by atoms with E-state index >= 15 is 0 Å². The number of benzene rings is 1. The molecule has 0 aliphatic carbocycles. The van der Waals surface area contributed by atoms with Crippen LogP contribution in [0.2, 0.25) is 0 Å². The Hall–Kier alpha value is -1.15. The summed E-state index contributed by atoms with van der Waals surface area (Å²) in [5.41, 5.74) is 7.05. The van der Waals surface area contributed by atoms with E-state index in [1.54, 1.807) is 12.0 Å². The predicted octanol–water partition coefficient (Wildman–Crippen LogP) is 1.55. The normalized spacial score (nSPS) is 19.8. The molecule has 142 valence electrons. The lowest BCUT2D eigenvalue weighted by atomic mass is 10.0. The van der Waals surface area contributed by atoms with Gasteiger partial charge in [-0.05, 0) is 18.4 Å². The minimum Gasteiger partial charge on any atom is -0.385 e. The molecule has 1 saturated heterocycles. The largest absolute Gasteiger partial charge is 0.385 e. The van der Waals surface area contributed by atoms with Crippen molar-refractivity contribution in [1.29, 1.82) is 0 Å². The Kier molecular flexibility index (Phi) is 8.85. The monoisotopic (exact) mass is 390 g/mol. The molecule has 2 atom stereocenters. The van der Waals surface area contributed by atoms with Crippen LogP contribution in [-0.4, -0.2) is 57.0 Å². The van der Waals surface area contributed by atoms with Crippen LogP contribution in [0.4, 0.5) is 0 Å². The molecule has 25 heavy (non-hydrogen) atoms. The minimum atomic E-state index is -3.04. The van der Waals surface area contributed by atoms with E-state index in [-0.39, 0.29) is 48.3 Å². The first kappa shape index (κ1) is 21.9. The van der Waals surface area contributed by atoms with Gasteiger partial charge in [0.15, 0.2) is 9.84 Å². The van der Waals surface area contributed by atoms with Gasteiger partial charge in [0.05, 0.1) is 11.5 Å². The highest BCUT2D eigenvalue weighted by Gasteiger charge is 2.34. The summed E-state index contributed by atoms with van der Waals surface area (Å²) in [6, 6.07) is 8.84. The molecule has 0 radical (unpaired) electrons. The quantitative estimate of drug-likeness (QED) is 0.680. The van der Waals surface area contributed by atoms with Gasteiger partial charge in [-0.2, -0.15) is 0 Å².